The molecule has 0 aliphatic carbocycles. The number of carbonyl (C=O) groups is 2. The minimum atomic E-state index is -0.930. The zero-order chi connectivity index (χ0) is 20.1. The van der Waals surface area contributed by atoms with Gasteiger partial charge in [0.2, 0.25) is 5.91 Å². The summed E-state index contributed by atoms with van der Waals surface area (Å²) in [5, 5.41) is 3.29. The summed E-state index contributed by atoms with van der Waals surface area (Å²) in [6.07, 6.45) is 0.238. The number of thioether (sulfide) groups is 1. The number of halogens is 2. The number of rotatable bonds is 6. The number of hydrogen-bond acceptors (Lipinski definition) is 5. The van der Waals surface area contributed by atoms with Crippen LogP contribution in [0.2, 0.25) is 0 Å². The molecule has 2 atom stereocenters. The van der Waals surface area contributed by atoms with Crippen molar-refractivity contribution in [1.29, 1.82) is 0 Å². The molecule has 0 saturated carbocycles. The van der Waals surface area contributed by atoms with Crippen LogP contribution in [0.25, 0.3) is 0 Å². The molecule has 0 aromatic heterocycles. The Morgan fingerprint density at radius 3 is 2.54 bits per heavy atom. The highest BCUT2D eigenvalue weighted by molar-refractivity contribution is 8.14. The van der Waals surface area contributed by atoms with Gasteiger partial charge in [0.15, 0.2) is 6.04 Å². The lowest BCUT2D eigenvalue weighted by Gasteiger charge is -2.18. The van der Waals surface area contributed by atoms with Crippen molar-refractivity contribution in [2.75, 3.05) is 12.9 Å². The zero-order valence-corrected chi connectivity index (χ0v) is 15.8. The van der Waals surface area contributed by atoms with E-state index in [4.69, 9.17) is 4.74 Å². The fourth-order valence-electron chi connectivity index (χ4n) is 2.82. The average Bonchev–Trinajstić information content (AvgIpc) is 3.13. The van der Waals surface area contributed by atoms with E-state index in [2.05, 4.69) is 10.3 Å². The van der Waals surface area contributed by atoms with Crippen LogP contribution in [0, 0.1) is 11.6 Å². The predicted octanol–water partition coefficient (Wildman–Crippen LogP) is 3.05. The molecule has 5 nitrogen and oxygen atoms in total. The van der Waals surface area contributed by atoms with Crippen LogP contribution in [0.4, 0.5) is 8.78 Å². The summed E-state index contributed by atoms with van der Waals surface area (Å²) in [6, 6.07) is 10.4. The standard InChI is InChI=1S/C20H18F2N2O3S/c1-27-20(26)18(13-5-3-2-4-6-13)24-19(25)16-11-28-17(23-16)9-12-7-14(21)10-15(22)8-12/h2-8,10,16,18H,9,11H2,1H3,(H,24,25)/t16?,18-/m0/s1. The van der Waals surface area contributed by atoms with Crippen molar-refractivity contribution in [3.05, 3.63) is 71.3 Å². The van der Waals surface area contributed by atoms with Gasteiger partial charge in [-0.05, 0) is 23.3 Å². The molecule has 28 heavy (non-hydrogen) atoms. The lowest BCUT2D eigenvalue weighted by atomic mass is 10.1. The molecule has 8 heteroatoms. The Hall–Kier alpha value is -2.74. The second-order valence-corrected chi connectivity index (χ2v) is 7.27. The van der Waals surface area contributed by atoms with E-state index in [-0.39, 0.29) is 6.42 Å². The van der Waals surface area contributed by atoms with E-state index in [0.717, 1.165) is 6.07 Å². The molecule has 3 rings (SSSR count). The van der Waals surface area contributed by atoms with Gasteiger partial charge in [-0.1, -0.05) is 30.3 Å². The van der Waals surface area contributed by atoms with Gasteiger partial charge in [0.25, 0.3) is 0 Å². The molecular formula is C20H18F2N2O3S. The fraction of sp³-hybridized carbons (Fsp3) is 0.250. The maximum absolute atomic E-state index is 13.3. The van der Waals surface area contributed by atoms with Crippen molar-refractivity contribution >= 4 is 28.7 Å². The SMILES string of the molecule is COC(=O)[C@@H](NC(=O)C1CSC(Cc2cc(F)cc(F)c2)=N1)c1ccccc1. The number of nitrogens with one attached hydrogen (secondary N) is 1. The monoisotopic (exact) mass is 404 g/mol. The van der Waals surface area contributed by atoms with Crippen LogP contribution in [0.15, 0.2) is 53.5 Å². The van der Waals surface area contributed by atoms with Crippen molar-refractivity contribution in [3.63, 3.8) is 0 Å². The van der Waals surface area contributed by atoms with Crippen LogP contribution in [0.3, 0.4) is 0 Å². The van der Waals surface area contributed by atoms with E-state index < -0.39 is 35.6 Å². The fourth-order valence-corrected chi connectivity index (χ4v) is 3.87. The first-order chi connectivity index (χ1) is 13.5. The minimum absolute atomic E-state index is 0.238. The molecule has 1 aliphatic heterocycles. The van der Waals surface area contributed by atoms with Gasteiger partial charge >= 0.3 is 5.97 Å². The first-order valence-electron chi connectivity index (χ1n) is 8.54. The minimum Gasteiger partial charge on any atom is -0.467 e. The van der Waals surface area contributed by atoms with Crippen LogP contribution in [-0.2, 0) is 20.7 Å². The molecular weight excluding hydrogens is 386 g/mol. The number of amides is 1. The van der Waals surface area contributed by atoms with Gasteiger partial charge in [0, 0.05) is 18.2 Å². The van der Waals surface area contributed by atoms with Crippen LogP contribution in [0.5, 0.6) is 0 Å². The summed E-state index contributed by atoms with van der Waals surface area (Å²) in [6.45, 7) is 0. The zero-order valence-electron chi connectivity index (χ0n) is 15.0. The molecule has 0 saturated heterocycles. The largest absolute Gasteiger partial charge is 0.467 e. The van der Waals surface area contributed by atoms with Crippen LogP contribution in [0.1, 0.15) is 17.2 Å². The summed E-state index contributed by atoms with van der Waals surface area (Å²) in [7, 11) is 1.25. The third kappa shape index (κ3) is 4.95. The Morgan fingerprint density at radius 2 is 1.89 bits per heavy atom. The molecule has 146 valence electrons. The van der Waals surface area contributed by atoms with E-state index >= 15 is 0 Å². The molecule has 0 spiro atoms. The molecule has 1 heterocycles. The number of ether oxygens (including phenoxy) is 1. The Bertz CT molecular complexity index is 885. The summed E-state index contributed by atoms with van der Waals surface area (Å²) in [5.41, 5.74) is 1.05. The van der Waals surface area contributed by atoms with Gasteiger partial charge in [-0.2, -0.15) is 0 Å². The van der Waals surface area contributed by atoms with E-state index in [1.807, 2.05) is 0 Å². The molecule has 2 aromatic carbocycles. The molecule has 1 aliphatic rings. The van der Waals surface area contributed by atoms with Crippen LogP contribution in [-0.4, -0.2) is 35.8 Å². The van der Waals surface area contributed by atoms with E-state index in [1.165, 1.54) is 31.0 Å². The molecule has 2 aromatic rings. The van der Waals surface area contributed by atoms with Crippen molar-refractivity contribution < 1.29 is 23.1 Å². The molecule has 1 amide bonds. The second-order valence-electron chi connectivity index (χ2n) is 6.18. The Balaban J connectivity index is 1.69. The topological polar surface area (TPSA) is 67.8 Å². The smallest absolute Gasteiger partial charge is 0.333 e. The first kappa shape index (κ1) is 20.0. The molecule has 1 unspecified atom stereocenters. The Kier molecular flexibility index (Phi) is 6.41. The predicted molar refractivity (Wildman–Crippen MR) is 103 cm³/mol. The lowest BCUT2D eigenvalue weighted by Crippen LogP contribution is -2.40. The van der Waals surface area contributed by atoms with Crippen molar-refractivity contribution in [2.45, 2.75) is 18.5 Å². The maximum atomic E-state index is 13.3. The molecule has 0 bridgehead atoms. The third-order valence-corrected chi connectivity index (χ3v) is 5.21. The van der Waals surface area contributed by atoms with Gasteiger partial charge < -0.3 is 10.1 Å². The molecule has 0 fully saturated rings. The quantitative estimate of drug-likeness (QED) is 0.752. The highest BCUT2D eigenvalue weighted by Crippen LogP contribution is 2.23. The number of methoxy groups -OCH3 is 1. The first-order valence-corrected chi connectivity index (χ1v) is 9.52. The molecule has 1 N–H and O–H groups in total. The molecule has 0 radical (unpaired) electrons. The van der Waals surface area contributed by atoms with Crippen molar-refractivity contribution in [1.82, 2.24) is 5.32 Å². The average molecular weight is 404 g/mol. The second kappa shape index (κ2) is 8.97. The van der Waals surface area contributed by atoms with Crippen molar-refractivity contribution in [2.24, 2.45) is 4.99 Å². The van der Waals surface area contributed by atoms with Gasteiger partial charge in [-0.25, -0.2) is 13.6 Å². The summed E-state index contributed by atoms with van der Waals surface area (Å²) in [4.78, 5) is 29.0. The van der Waals surface area contributed by atoms with Gasteiger partial charge in [0.1, 0.15) is 17.7 Å². The van der Waals surface area contributed by atoms with E-state index in [1.54, 1.807) is 30.3 Å². The number of benzene rings is 2. The van der Waals surface area contributed by atoms with Crippen molar-refractivity contribution in [3.8, 4) is 0 Å². The third-order valence-electron chi connectivity index (χ3n) is 4.14. The van der Waals surface area contributed by atoms with Crippen LogP contribution < -0.4 is 5.32 Å². The summed E-state index contributed by atoms with van der Waals surface area (Å²) < 4.78 is 31.4. The van der Waals surface area contributed by atoms with Crippen LogP contribution >= 0.6 is 11.8 Å². The van der Waals surface area contributed by atoms with E-state index in [9.17, 15) is 18.4 Å². The highest BCUT2D eigenvalue weighted by atomic mass is 32.2. The summed E-state index contributed by atoms with van der Waals surface area (Å²) >= 11 is 1.35. The summed E-state index contributed by atoms with van der Waals surface area (Å²) in [5.74, 6) is -1.91. The van der Waals surface area contributed by atoms with Gasteiger partial charge in [-0.15, -0.1) is 11.8 Å². The number of carbonyl (C=O) groups excluding carboxylic acids is 2. The lowest BCUT2D eigenvalue weighted by molar-refractivity contribution is -0.145. The van der Waals surface area contributed by atoms with Gasteiger partial charge in [0.05, 0.1) is 12.2 Å². The number of nitrogens with zero attached hydrogens (tertiary/aromatic N) is 1. The Morgan fingerprint density at radius 1 is 1.21 bits per heavy atom. The maximum Gasteiger partial charge on any atom is 0.333 e. The number of esters is 1. The highest BCUT2D eigenvalue weighted by Gasteiger charge is 2.30. The van der Waals surface area contributed by atoms with Gasteiger partial charge in [-0.3, -0.25) is 9.79 Å². The number of aliphatic imine (C=N–C) groups is 1. The van der Waals surface area contributed by atoms with E-state index in [0.29, 0.717) is 21.9 Å². The number of hydrogen-bond donors (Lipinski definition) is 1. The Labute approximate surface area is 165 Å². The normalized spacial score (nSPS) is 17.0.